The van der Waals surface area contributed by atoms with Crippen LogP contribution < -0.4 is 23.2 Å². The van der Waals surface area contributed by atoms with E-state index < -0.39 is 10.2 Å². The van der Waals surface area contributed by atoms with Crippen molar-refractivity contribution in [1.29, 1.82) is 0 Å². The number of aromatic nitrogens is 1. The molecule has 0 N–H and O–H groups in total. The van der Waals surface area contributed by atoms with E-state index in [0.29, 0.717) is 0 Å². The van der Waals surface area contributed by atoms with E-state index in [0.717, 1.165) is 0 Å². The van der Waals surface area contributed by atoms with Crippen LogP contribution in [0.25, 0.3) is 5.69 Å². The van der Waals surface area contributed by atoms with Crippen molar-refractivity contribution >= 4 is 11.3 Å². The van der Waals surface area contributed by atoms with Crippen molar-refractivity contribution in [1.82, 2.24) is 0 Å². The Hall–Kier alpha value is -1.02. The van der Waals surface area contributed by atoms with Crippen molar-refractivity contribution in [3.05, 3.63) is 44.9 Å². The first-order valence-electron chi connectivity index (χ1n) is 7.87. The molecular weight excluding hydrogens is 350 g/mol. The van der Waals surface area contributed by atoms with Crippen LogP contribution >= 0.6 is 11.3 Å². The van der Waals surface area contributed by atoms with Crippen LogP contribution in [-0.4, -0.2) is 0 Å². The largest absolute Gasteiger partial charge is 0.231 e. The number of thiazole rings is 1. The lowest BCUT2D eigenvalue weighted by Crippen LogP contribution is -2.68. The minimum atomic E-state index is -4.94. The fourth-order valence-corrected chi connectivity index (χ4v) is 4.40. The van der Waals surface area contributed by atoms with Crippen LogP contribution in [0.15, 0.2) is 17.6 Å². The Morgan fingerprint density at radius 1 is 0.917 bits per heavy atom. The van der Waals surface area contributed by atoms with Gasteiger partial charge in [0.15, 0.2) is 0 Å². The minimum absolute atomic E-state index is 1.24. The van der Waals surface area contributed by atoms with Gasteiger partial charge in [0.25, 0.3) is 0 Å². The highest BCUT2D eigenvalue weighted by molar-refractivity contribution is 7.09. The van der Waals surface area contributed by atoms with E-state index in [9.17, 15) is 0 Å². The van der Waals surface area contributed by atoms with Gasteiger partial charge in [-0.2, -0.15) is 4.57 Å². The fourth-order valence-electron chi connectivity index (χ4n) is 3.34. The molecule has 1 aliphatic carbocycles. The summed E-state index contributed by atoms with van der Waals surface area (Å²) in [6.07, 6.45) is 6.60. The van der Waals surface area contributed by atoms with Crippen LogP contribution in [-0.2, 0) is 12.8 Å². The molecule has 0 saturated carbocycles. The molecule has 0 saturated heterocycles. The smallest absolute Gasteiger partial charge is 0.222 e. The Morgan fingerprint density at radius 3 is 2.04 bits per heavy atom. The summed E-state index contributed by atoms with van der Waals surface area (Å²) in [6, 6.07) is 4.60. The third-order valence-corrected chi connectivity index (χ3v) is 5.15. The molecule has 3 rings (SSSR count). The number of benzene rings is 1. The molecule has 7 heteroatoms. The van der Waals surface area contributed by atoms with Gasteiger partial charge in [0.05, 0.1) is 4.88 Å². The van der Waals surface area contributed by atoms with E-state index in [1.165, 1.54) is 54.5 Å². The number of rotatable bonds is 1. The van der Waals surface area contributed by atoms with Gasteiger partial charge in [-0.25, -0.2) is 18.6 Å². The molecule has 1 aromatic heterocycles. The van der Waals surface area contributed by atoms with Gasteiger partial charge in [-0.1, -0.05) is 23.3 Å². The summed E-state index contributed by atoms with van der Waals surface area (Å²) in [5.74, 6) is 0. The Kier molecular flexibility index (Phi) is 6.36. The maximum Gasteiger partial charge on any atom is 0.231 e. The SMILES string of the molecule is Cc1cc(C)c(-[n+]2csc3c2CCCCC3)c(C)c1.[O-][Cl+3]([O-])([O-])[O-]. The van der Waals surface area contributed by atoms with Crippen LogP contribution in [0.1, 0.15) is 46.5 Å². The standard InChI is InChI=1S/C17H22NS.ClHO4/c1-12-9-13(2)17(14(3)10-12)18-11-19-16-8-6-4-5-7-15(16)18;2-1(3,4)5/h9-11H,4-8H2,1-3H3;(H,2,3,4,5)/q+1;/p-1. The van der Waals surface area contributed by atoms with Gasteiger partial charge in [-0.15, -0.1) is 10.2 Å². The molecule has 0 atom stereocenters. The number of nitrogens with zero attached hydrogens (tertiary/aromatic N) is 1. The molecule has 0 amide bonds. The van der Waals surface area contributed by atoms with E-state index >= 15 is 0 Å². The Bertz CT molecular complexity index is 680. The molecule has 0 aliphatic heterocycles. The van der Waals surface area contributed by atoms with Crippen LogP contribution in [0.2, 0.25) is 0 Å². The summed E-state index contributed by atoms with van der Waals surface area (Å²) in [5, 5.41) is 0. The second-order valence-electron chi connectivity index (χ2n) is 6.15. The van der Waals surface area contributed by atoms with Gasteiger partial charge in [-0.05, 0) is 52.2 Å². The van der Waals surface area contributed by atoms with E-state index in [1.807, 2.05) is 11.3 Å². The van der Waals surface area contributed by atoms with E-state index in [1.54, 1.807) is 10.6 Å². The lowest BCUT2D eigenvalue weighted by molar-refractivity contribution is -2.00. The molecule has 24 heavy (non-hydrogen) atoms. The first-order chi connectivity index (χ1) is 11.2. The highest BCUT2D eigenvalue weighted by Gasteiger charge is 2.25. The lowest BCUT2D eigenvalue weighted by Gasteiger charge is -2.17. The second kappa shape index (κ2) is 7.91. The lowest BCUT2D eigenvalue weighted by atomic mass is 10.0. The zero-order valence-corrected chi connectivity index (χ0v) is 15.7. The Morgan fingerprint density at radius 2 is 1.46 bits per heavy atom. The van der Waals surface area contributed by atoms with Crippen LogP contribution in [0.5, 0.6) is 0 Å². The van der Waals surface area contributed by atoms with Gasteiger partial charge in [0.1, 0.15) is 0 Å². The zero-order valence-electron chi connectivity index (χ0n) is 14.1. The number of hydrogen-bond donors (Lipinski definition) is 0. The fraction of sp³-hybridized carbons (Fsp3) is 0.471. The van der Waals surface area contributed by atoms with Crippen molar-refractivity contribution in [2.24, 2.45) is 0 Å². The maximum absolute atomic E-state index is 8.49. The molecule has 5 nitrogen and oxygen atoms in total. The van der Waals surface area contributed by atoms with Crippen molar-refractivity contribution in [3.63, 3.8) is 0 Å². The molecule has 1 heterocycles. The molecule has 1 aromatic carbocycles. The molecule has 1 aliphatic rings. The Balaban J connectivity index is 0.000000368. The van der Waals surface area contributed by atoms with Gasteiger partial charge < -0.3 is 0 Å². The maximum atomic E-state index is 8.49. The number of fused-ring (bicyclic) bond motifs is 1. The van der Waals surface area contributed by atoms with Crippen LogP contribution in [0.4, 0.5) is 0 Å². The Labute approximate surface area is 148 Å². The molecule has 2 aromatic rings. The van der Waals surface area contributed by atoms with Gasteiger partial charge in [0.2, 0.25) is 16.9 Å². The predicted octanol–water partition coefficient (Wildman–Crippen LogP) is -0.537. The van der Waals surface area contributed by atoms with Crippen molar-refractivity contribution in [2.75, 3.05) is 0 Å². The zero-order chi connectivity index (χ0) is 17.9. The number of aryl methyl sites for hydroxylation is 4. The molecule has 132 valence electrons. The summed E-state index contributed by atoms with van der Waals surface area (Å²) < 4.78 is 36.4. The third-order valence-electron chi connectivity index (χ3n) is 4.11. The predicted molar refractivity (Wildman–Crippen MR) is 81.3 cm³/mol. The summed E-state index contributed by atoms with van der Waals surface area (Å²) in [4.78, 5) is 1.61. The number of hydrogen-bond acceptors (Lipinski definition) is 5. The highest BCUT2D eigenvalue weighted by Crippen LogP contribution is 2.25. The summed E-state index contributed by atoms with van der Waals surface area (Å²) in [5.41, 5.74) is 9.45. The van der Waals surface area contributed by atoms with Crippen molar-refractivity contribution < 1.29 is 33.4 Å². The monoisotopic (exact) mass is 371 g/mol. The average Bonchev–Trinajstić information content (AvgIpc) is 2.66. The van der Waals surface area contributed by atoms with Crippen molar-refractivity contribution in [3.8, 4) is 5.69 Å². The van der Waals surface area contributed by atoms with Gasteiger partial charge in [-0.3, -0.25) is 0 Å². The number of halogens is 1. The van der Waals surface area contributed by atoms with Crippen molar-refractivity contribution in [2.45, 2.75) is 52.9 Å². The highest BCUT2D eigenvalue weighted by atomic mass is 35.7. The summed E-state index contributed by atoms with van der Waals surface area (Å²) >= 11 is 1.94. The molecule has 0 fully saturated rings. The van der Waals surface area contributed by atoms with E-state index in [4.69, 9.17) is 18.6 Å². The normalized spacial score (nSPS) is 14.5. The molecular formula is C17H22ClNO4S. The summed E-state index contributed by atoms with van der Waals surface area (Å²) in [7, 11) is -4.94. The first kappa shape index (κ1) is 19.3. The third kappa shape index (κ3) is 5.24. The topological polar surface area (TPSA) is 96.1 Å². The molecule has 0 bridgehead atoms. The van der Waals surface area contributed by atoms with Gasteiger partial charge in [0, 0.05) is 17.5 Å². The second-order valence-corrected chi connectivity index (χ2v) is 7.84. The molecule has 0 spiro atoms. The quantitative estimate of drug-likeness (QED) is 0.497. The van der Waals surface area contributed by atoms with Gasteiger partial charge >= 0.3 is 0 Å². The molecule has 0 unspecified atom stereocenters. The average molecular weight is 372 g/mol. The van der Waals surface area contributed by atoms with E-state index in [-0.39, 0.29) is 0 Å². The minimum Gasteiger partial charge on any atom is -0.222 e. The van der Waals surface area contributed by atoms with Crippen LogP contribution in [0, 0.1) is 31.0 Å². The van der Waals surface area contributed by atoms with E-state index in [2.05, 4.69) is 43.0 Å². The first-order valence-corrected chi connectivity index (χ1v) is 9.99. The van der Waals surface area contributed by atoms with Crippen LogP contribution in [0.3, 0.4) is 0 Å². The summed E-state index contributed by atoms with van der Waals surface area (Å²) in [6.45, 7) is 6.66. The molecule has 0 radical (unpaired) electrons.